The van der Waals surface area contributed by atoms with Crippen molar-refractivity contribution in [3.8, 4) is 11.5 Å². The van der Waals surface area contributed by atoms with Gasteiger partial charge in [-0.1, -0.05) is 15.9 Å². The highest BCUT2D eigenvalue weighted by Gasteiger charge is 2.28. The van der Waals surface area contributed by atoms with Crippen LogP contribution in [0.5, 0.6) is 11.5 Å². The lowest BCUT2D eigenvalue weighted by atomic mass is 9.88. The minimum absolute atomic E-state index is 0.640. The van der Waals surface area contributed by atoms with Crippen LogP contribution in [-0.4, -0.2) is 43.8 Å². The number of halogens is 1. The topological polar surface area (TPSA) is 33.7 Å². The van der Waals surface area contributed by atoms with Gasteiger partial charge in [0, 0.05) is 17.1 Å². The van der Waals surface area contributed by atoms with E-state index in [1.54, 1.807) is 0 Å². The van der Waals surface area contributed by atoms with Gasteiger partial charge in [-0.05, 0) is 68.9 Å². The van der Waals surface area contributed by atoms with E-state index in [0.29, 0.717) is 13.2 Å². The first-order valence-electron chi connectivity index (χ1n) is 8.83. The molecule has 1 atom stereocenters. The lowest BCUT2D eigenvalue weighted by Crippen LogP contribution is -2.40. The maximum absolute atomic E-state index is 5.72. The molecule has 0 radical (unpaired) electrons. The van der Waals surface area contributed by atoms with Crippen molar-refractivity contribution >= 4 is 15.9 Å². The SMILES string of the molecule is Brc1cc2c(cc1CN1CCC(C3CCCN3)CC1)OCCO2. The molecule has 4 nitrogen and oxygen atoms in total. The Morgan fingerprint density at radius 2 is 1.83 bits per heavy atom. The largest absolute Gasteiger partial charge is 0.486 e. The molecule has 0 amide bonds. The van der Waals surface area contributed by atoms with Crippen LogP contribution in [0.1, 0.15) is 31.2 Å². The zero-order valence-electron chi connectivity index (χ0n) is 13.5. The van der Waals surface area contributed by atoms with Gasteiger partial charge in [0.15, 0.2) is 11.5 Å². The van der Waals surface area contributed by atoms with Crippen LogP contribution in [0.15, 0.2) is 16.6 Å². The van der Waals surface area contributed by atoms with Crippen LogP contribution in [-0.2, 0) is 6.54 Å². The first-order chi connectivity index (χ1) is 11.3. The molecule has 1 N–H and O–H groups in total. The van der Waals surface area contributed by atoms with Crippen molar-refractivity contribution in [3.05, 3.63) is 22.2 Å². The van der Waals surface area contributed by atoms with Crippen LogP contribution < -0.4 is 14.8 Å². The van der Waals surface area contributed by atoms with E-state index in [1.165, 1.54) is 50.9 Å². The van der Waals surface area contributed by atoms with Crippen molar-refractivity contribution in [3.63, 3.8) is 0 Å². The third-order valence-corrected chi connectivity index (χ3v) is 6.14. The molecule has 23 heavy (non-hydrogen) atoms. The second kappa shape index (κ2) is 6.99. The molecule has 1 unspecified atom stereocenters. The maximum Gasteiger partial charge on any atom is 0.162 e. The molecule has 0 spiro atoms. The molecule has 3 aliphatic rings. The normalized spacial score (nSPS) is 25.7. The van der Waals surface area contributed by atoms with E-state index in [2.05, 4.69) is 38.3 Å². The molecule has 2 fully saturated rings. The van der Waals surface area contributed by atoms with Crippen LogP contribution in [0.3, 0.4) is 0 Å². The molecule has 3 aliphatic heterocycles. The van der Waals surface area contributed by atoms with E-state index in [4.69, 9.17) is 9.47 Å². The number of nitrogens with zero attached hydrogens (tertiary/aromatic N) is 1. The zero-order chi connectivity index (χ0) is 15.6. The molecule has 0 aromatic heterocycles. The highest BCUT2D eigenvalue weighted by molar-refractivity contribution is 9.10. The van der Waals surface area contributed by atoms with E-state index >= 15 is 0 Å². The summed E-state index contributed by atoms with van der Waals surface area (Å²) >= 11 is 3.70. The van der Waals surface area contributed by atoms with Crippen molar-refractivity contribution in [2.75, 3.05) is 32.8 Å². The lowest BCUT2D eigenvalue weighted by molar-refractivity contribution is 0.155. The number of piperidine rings is 1. The maximum atomic E-state index is 5.72. The van der Waals surface area contributed by atoms with Crippen molar-refractivity contribution in [2.24, 2.45) is 5.92 Å². The summed E-state index contributed by atoms with van der Waals surface area (Å²) in [7, 11) is 0. The fourth-order valence-electron chi connectivity index (χ4n) is 4.10. The number of rotatable bonds is 3. The van der Waals surface area contributed by atoms with Crippen LogP contribution in [0.25, 0.3) is 0 Å². The fourth-order valence-corrected chi connectivity index (χ4v) is 4.54. The number of hydrogen-bond donors (Lipinski definition) is 1. The molecule has 1 aromatic rings. The molecule has 2 saturated heterocycles. The van der Waals surface area contributed by atoms with Gasteiger partial charge in [-0.25, -0.2) is 0 Å². The van der Waals surface area contributed by atoms with Gasteiger partial charge in [-0.15, -0.1) is 0 Å². The molecule has 0 aliphatic carbocycles. The Morgan fingerprint density at radius 3 is 2.52 bits per heavy atom. The average Bonchev–Trinajstić information content (AvgIpc) is 3.11. The minimum atomic E-state index is 0.640. The van der Waals surface area contributed by atoms with Crippen molar-refractivity contribution in [1.29, 1.82) is 0 Å². The molecule has 0 saturated carbocycles. The summed E-state index contributed by atoms with van der Waals surface area (Å²) in [4.78, 5) is 2.57. The molecular weight excluding hydrogens is 356 g/mol. The van der Waals surface area contributed by atoms with Gasteiger partial charge < -0.3 is 14.8 Å². The number of fused-ring (bicyclic) bond motifs is 1. The standard InChI is InChI=1S/C18H25BrN2O2/c19-15-11-18-17(22-8-9-23-18)10-14(15)12-21-6-3-13(4-7-21)16-2-1-5-20-16/h10-11,13,16,20H,1-9,12H2. The Morgan fingerprint density at radius 1 is 1.09 bits per heavy atom. The van der Waals surface area contributed by atoms with Gasteiger partial charge in [-0.2, -0.15) is 0 Å². The predicted octanol–water partition coefficient (Wildman–Crippen LogP) is 3.18. The van der Waals surface area contributed by atoms with Gasteiger partial charge >= 0.3 is 0 Å². The molecule has 0 bridgehead atoms. The van der Waals surface area contributed by atoms with Crippen LogP contribution in [0, 0.1) is 5.92 Å². The molecule has 126 valence electrons. The quantitative estimate of drug-likeness (QED) is 0.872. The van der Waals surface area contributed by atoms with Gasteiger partial charge in [-0.3, -0.25) is 4.90 Å². The molecule has 1 aromatic carbocycles. The Balaban J connectivity index is 1.37. The summed E-state index contributed by atoms with van der Waals surface area (Å²) in [6, 6.07) is 4.97. The monoisotopic (exact) mass is 380 g/mol. The Hall–Kier alpha value is -0.780. The van der Waals surface area contributed by atoms with Crippen LogP contribution >= 0.6 is 15.9 Å². The van der Waals surface area contributed by atoms with E-state index in [1.807, 2.05) is 0 Å². The summed E-state index contributed by atoms with van der Waals surface area (Å²) in [6.07, 6.45) is 5.37. The van der Waals surface area contributed by atoms with E-state index in [0.717, 1.165) is 34.5 Å². The zero-order valence-corrected chi connectivity index (χ0v) is 15.1. The van der Waals surface area contributed by atoms with Crippen LogP contribution in [0.4, 0.5) is 0 Å². The summed E-state index contributed by atoms with van der Waals surface area (Å²) in [6.45, 7) is 5.89. The highest BCUT2D eigenvalue weighted by atomic mass is 79.9. The average molecular weight is 381 g/mol. The van der Waals surface area contributed by atoms with Crippen molar-refractivity contribution < 1.29 is 9.47 Å². The summed E-state index contributed by atoms with van der Waals surface area (Å²) in [5.41, 5.74) is 1.30. The second-order valence-corrected chi connectivity index (χ2v) is 7.76. The Kier molecular flexibility index (Phi) is 4.78. The number of hydrogen-bond acceptors (Lipinski definition) is 4. The van der Waals surface area contributed by atoms with Gasteiger partial charge in [0.25, 0.3) is 0 Å². The summed E-state index contributed by atoms with van der Waals surface area (Å²) in [5, 5.41) is 3.68. The number of nitrogens with one attached hydrogen (secondary N) is 1. The third kappa shape index (κ3) is 3.52. The fraction of sp³-hybridized carbons (Fsp3) is 0.667. The summed E-state index contributed by atoms with van der Waals surface area (Å²) < 4.78 is 12.5. The van der Waals surface area contributed by atoms with E-state index in [9.17, 15) is 0 Å². The first kappa shape index (κ1) is 15.7. The van der Waals surface area contributed by atoms with Crippen molar-refractivity contribution in [2.45, 2.75) is 38.3 Å². The third-order valence-electron chi connectivity index (χ3n) is 5.40. The Bertz CT molecular complexity index is 552. The van der Waals surface area contributed by atoms with Gasteiger partial charge in [0.1, 0.15) is 13.2 Å². The van der Waals surface area contributed by atoms with Gasteiger partial charge in [0.05, 0.1) is 0 Å². The second-order valence-electron chi connectivity index (χ2n) is 6.90. The minimum Gasteiger partial charge on any atom is -0.486 e. The highest BCUT2D eigenvalue weighted by Crippen LogP contribution is 2.36. The predicted molar refractivity (Wildman–Crippen MR) is 94.2 cm³/mol. The summed E-state index contributed by atoms with van der Waals surface area (Å²) in [5.74, 6) is 2.62. The first-order valence-corrected chi connectivity index (χ1v) is 9.62. The van der Waals surface area contributed by atoms with E-state index < -0.39 is 0 Å². The lowest BCUT2D eigenvalue weighted by Gasteiger charge is -2.35. The number of ether oxygens (including phenoxy) is 2. The molecule has 5 heteroatoms. The molecular formula is C18H25BrN2O2. The molecule has 4 rings (SSSR count). The molecule has 3 heterocycles. The van der Waals surface area contributed by atoms with Crippen LogP contribution in [0.2, 0.25) is 0 Å². The number of benzene rings is 1. The Labute approximate surface area is 146 Å². The van der Waals surface area contributed by atoms with Gasteiger partial charge in [0.2, 0.25) is 0 Å². The van der Waals surface area contributed by atoms with Crippen molar-refractivity contribution in [1.82, 2.24) is 10.2 Å². The number of likely N-dealkylation sites (tertiary alicyclic amines) is 1. The smallest absolute Gasteiger partial charge is 0.162 e. The van der Waals surface area contributed by atoms with E-state index in [-0.39, 0.29) is 0 Å².